The van der Waals surface area contributed by atoms with Gasteiger partial charge in [-0.2, -0.15) is 0 Å². The molecule has 0 amide bonds. The Morgan fingerprint density at radius 1 is 0.279 bits per heavy atom. The van der Waals surface area contributed by atoms with Crippen molar-refractivity contribution in [2.45, 2.75) is 258 Å². The van der Waals surface area contributed by atoms with Crippen molar-refractivity contribution in [3.05, 3.63) is 12.2 Å². The van der Waals surface area contributed by atoms with Gasteiger partial charge in [0.1, 0.15) is 0 Å². The third-order valence-electron chi connectivity index (χ3n) is 10.0. The van der Waals surface area contributed by atoms with Crippen molar-refractivity contribution in [2.24, 2.45) is 5.92 Å². The number of allylic oxidation sites excluding steroid dienone is 2. The Bertz CT molecular complexity index is 490. The van der Waals surface area contributed by atoms with Crippen LogP contribution in [0.15, 0.2) is 12.2 Å². The zero-order valence-corrected chi connectivity index (χ0v) is 30.9. The molecule has 0 aromatic heterocycles. The summed E-state index contributed by atoms with van der Waals surface area (Å²) in [7, 11) is 0. The van der Waals surface area contributed by atoms with E-state index < -0.39 is 0 Å². The quantitative estimate of drug-likeness (QED) is 0.0487. The van der Waals surface area contributed by atoms with Gasteiger partial charge < -0.3 is 0 Å². The second kappa shape index (κ2) is 39.8. The molecule has 0 aliphatic rings. The fraction of sp³-hybridized carbons (Fsp3) is 0.953. The first kappa shape index (κ1) is 42.7. The summed E-state index contributed by atoms with van der Waals surface area (Å²) >= 11 is 0. The molecule has 0 saturated carbocycles. The molecule has 0 fully saturated rings. The molecule has 0 radical (unpaired) electrons. The fourth-order valence-electron chi connectivity index (χ4n) is 6.81. The zero-order chi connectivity index (χ0) is 31.2. The Labute approximate surface area is 275 Å². The summed E-state index contributed by atoms with van der Waals surface area (Å²) in [6.45, 7) is 7.12. The molecule has 0 rings (SSSR count). The summed E-state index contributed by atoms with van der Waals surface area (Å²) in [5, 5.41) is 0. The third kappa shape index (κ3) is 39.7. The van der Waals surface area contributed by atoms with Gasteiger partial charge in [-0.05, 0) is 31.6 Å². The molecule has 0 spiro atoms. The first-order valence-electron chi connectivity index (χ1n) is 21.0. The van der Waals surface area contributed by atoms with Gasteiger partial charge in [-0.25, -0.2) is 0 Å². The largest absolute Gasteiger partial charge is 0.0885 e. The van der Waals surface area contributed by atoms with Crippen molar-refractivity contribution >= 4 is 0 Å². The maximum Gasteiger partial charge on any atom is -0.0351 e. The van der Waals surface area contributed by atoms with Gasteiger partial charge in [-0.1, -0.05) is 245 Å². The van der Waals surface area contributed by atoms with E-state index in [2.05, 4.69) is 32.9 Å². The summed E-state index contributed by atoms with van der Waals surface area (Å²) in [5.41, 5.74) is 0. The van der Waals surface area contributed by atoms with Crippen LogP contribution >= 0.6 is 0 Å². The first-order chi connectivity index (χ1) is 21.3. The van der Waals surface area contributed by atoms with Crippen LogP contribution in [0.4, 0.5) is 0 Å². The number of rotatable bonds is 38. The normalized spacial score (nSPS) is 12.5. The molecule has 0 heteroatoms. The summed E-state index contributed by atoms with van der Waals surface area (Å²) in [5.74, 6) is 0.958. The maximum absolute atomic E-state index is 2.50. The van der Waals surface area contributed by atoms with E-state index in [9.17, 15) is 0 Å². The highest BCUT2D eigenvalue weighted by Crippen LogP contribution is 2.19. The molecule has 1 unspecified atom stereocenters. The van der Waals surface area contributed by atoms with Crippen LogP contribution in [0, 0.1) is 5.92 Å². The lowest BCUT2D eigenvalue weighted by atomic mass is 9.95. The topological polar surface area (TPSA) is 0 Å². The Balaban J connectivity index is 3.17. The van der Waals surface area contributed by atoms with Gasteiger partial charge in [0.05, 0.1) is 0 Å². The van der Waals surface area contributed by atoms with Crippen LogP contribution in [0.3, 0.4) is 0 Å². The standard InChI is InChI=1S/C43H86/c1-4-6-8-10-12-14-16-17-18-19-20-21-22-23-24-25-26-27-28-29-30-32-34-36-38-40-42-43(3)41-39-37-35-33-31-15-13-11-9-7-5-2/h26-27,43H,4-25,28-42H2,1-3H3. The Morgan fingerprint density at radius 2 is 0.488 bits per heavy atom. The smallest absolute Gasteiger partial charge is 0.0351 e. The van der Waals surface area contributed by atoms with Crippen molar-refractivity contribution in [1.29, 1.82) is 0 Å². The zero-order valence-electron chi connectivity index (χ0n) is 30.9. The molecular weight excluding hydrogens is 516 g/mol. The van der Waals surface area contributed by atoms with Gasteiger partial charge >= 0.3 is 0 Å². The van der Waals surface area contributed by atoms with E-state index in [1.807, 2.05) is 0 Å². The Kier molecular flexibility index (Phi) is 39.5. The van der Waals surface area contributed by atoms with Crippen LogP contribution in [0.25, 0.3) is 0 Å². The fourth-order valence-corrected chi connectivity index (χ4v) is 6.81. The summed E-state index contributed by atoms with van der Waals surface area (Å²) in [6.07, 6.45) is 58.8. The van der Waals surface area contributed by atoms with Crippen LogP contribution in [0.5, 0.6) is 0 Å². The molecule has 0 saturated heterocycles. The monoisotopic (exact) mass is 603 g/mol. The predicted molar refractivity (Wildman–Crippen MR) is 200 cm³/mol. The maximum atomic E-state index is 2.50. The SMILES string of the molecule is CCCCCCCCCCCCCCCCCC=CCCCCCCCCCC(C)CCCCCCCCCCCCC. The van der Waals surface area contributed by atoms with Crippen molar-refractivity contribution in [3.63, 3.8) is 0 Å². The van der Waals surface area contributed by atoms with Crippen LogP contribution in [-0.4, -0.2) is 0 Å². The molecule has 0 nitrogen and oxygen atoms in total. The second-order valence-electron chi connectivity index (χ2n) is 14.7. The van der Waals surface area contributed by atoms with E-state index in [0.29, 0.717) is 0 Å². The van der Waals surface area contributed by atoms with E-state index in [0.717, 1.165) is 5.92 Å². The minimum atomic E-state index is 0.958. The van der Waals surface area contributed by atoms with Crippen LogP contribution in [0.1, 0.15) is 258 Å². The highest BCUT2D eigenvalue weighted by atomic mass is 14.1. The summed E-state index contributed by atoms with van der Waals surface area (Å²) in [4.78, 5) is 0. The lowest BCUT2D eigenvalue weighted by Gasteiger charge is -2.11. The molecular formula is C43H86. The van der Waals surface area contributed by atoms with Gasteiger partial charge in [-0.15, -0.1) is 0 Å². The van der Waals surface area contributed by atoms with E-state index in [-0.39, 0.29) is 0 Å². The molecule has 43 heavy (non-hydrogen) atoms. The van der Waals surface area contributed by atoms with Crippen molar-refractivity contribution < 1.29 is 0 Å². The van der Waals surface area contributed by atoms with E-state index in [1.165, 1.54) is 238 Å². The molecule has 1 atom stereocenters. The number of unbranched alkanes of at least 4 members (excludes halogenated alkanes) is 32. The minimum absolute atomic E-state index is 0.958. The highest BCUT2D eigenvalue weighted by molar-refractivity contribution is 4.81. The molecule has 0 N–H and O–H groups in total. The first-order valence-corrected chi connectivity index (χ1v) is 21.0. The molecule has 258 valence electrons. The van der Waals surface area contributed by atoms with Gasteiger partial charge in [0.2, 0.25) is 0 Å². The van der Waals surface area contributed by atoms with Crippen LogP contribution in [0.2, 0.25) is 0 Å². The lowest BCUT2D eigenvalue weighted by Crippen LogP contribution is -1.95. The average Bonchev–Trinajstić information content (AvgIpc) is 3.01. The number of hydrogen-bond donors (Lipinski definition) is 0. The molecule has 0 bridgehead atoms. The van der Waals surface area contributed by atoms with Gasteiger partial charge in [0, 0.05) is 0 Å². The molecule has 0 aliphatic carbocycles. The van der Waals surface area contributed by atoms with Crippen LogP contribution in [-0.2, 0) is 0 Å². The number of hydrogen-bond acceptors (Lipinski definition) is 0. The van der Waals surface area contributed by atoms with E-state index in [4.69, 9.17) is 0 Å². The predicted octanol–water partition coefficient (Wildman–Crippen LogP) is 16.7. The van der Waals surface area contributed by atoms with Crippen molar-refractivity contribution in [2.75, 3.05) is 0 Å². The molecule has 0 aromatic carbocycles. The molecule has 0 heterocycles. The van der Waals surface area contributed by atoms with Crippen molar-refractivity contribution in [3.8, 4) is 0 Å². The average molecular weight is 603 g/mol. The van der Waals surface area contributed by atoms with E-state index in [1.54, 1.807) is 0 Å². The van der Waals surface area contributed by atoms with E-state index >= 15 is 0 Å². The Hall–Kier alpha value is -0.260. The highest BCUT2D eigenvalue weighted by Gasteiger charge is 2.02. The molecule has 0 aliphatic heterocycles. The van der Waals surface area contributed by atoms with Gasteiger partial charge in [0.25, 0.3) is 0 Å². The van der Waals surface area contributed by atoms with Gasteiger partial charge in [-0.3, -0.25) is 0 Å². The minimum Gasteiger partial charge on any atom is -0.0885 e. The van der Waals surface area contributed by atoms with Gasteiger partial charge in [0.15, 0.2) is 0 Å². The summed E-state index contributed by atoms with van der Waals surface area (Å²) in [6, 6.07) is 0. The molecule has 0 aromatic rings. The Morgan fingerprint density at radius 3 is 0.744 bits per heavy atom. The lowest BCUT2D eigenvalue weighted by molar-refractivity contribution is 0.430. The summed E-state index contributed by atoms with van der Waals surface area (Å²) < 4.78 is 0. The van der Waals surface area contributed by atoms with Crippen molar-refractivity contribution in [1.82, 2.24) is 0 Å². The van der Waals surface area contributed by atoms with Crippen LogP contribution < -0.4 is 0 Å². The second-order valence-corrected chi connectivity index (χ2v) is 14.7. The third-order valence-corrected chi connectivity index (χ3v) is 10.0.